The topological polar surface area (TPSA) is 25.2 Å². The van der Waals surface area contributed by atoms with Gasteiger partial charge in [0.05, 0.1) is 0 Å². The Balaban J connectivity index is 1.84. The van der Waals surface area contributed by atoms with E-state index in [0.29, 0.717) is 23.5 Å². The van der Waals surface area contributed by atoms with Gasteiger partial charge in [-0.15, -0.1) is 0 Å². The number of furan rings is 1. The van der Waals surface area contributed by atoms with Gasteiger partial charge in [0.15, 0.2) is 11.4 Å². The van der Waals surface area contributed by atoms with Gasteiger partial charge in [-0.05, 0) is 37.4 Å². The summed E-state index contributed by atoms with van der Waals surface area (Å²) in [6.07, 6.45) is 3.60. The number of hydrogen-bond acceptors (Lipinski definition) is 2. The lowest BCUT2D eigenvalue weighted by Crippen LogP contribution is -2.29. The summed E-state index contributed by atoms with van der Waals surface area (Å²) in [5.74, 6) is 1.72. The standard InChI is InChI=1S/C17H22FNO/c1-11(2)19-10-13-6-3-7-14(13)16-9-12-5-4-8-15(18)17(12)20-16/h4-5,8-9,11,13-14,19H,3,6-7,10H2,1-2H3. The third kappa shape index (κ3) is 2.59. The van der Waals surface area contributed by atoms with Crippen LogP contribution in [-0.4, -0.2) is 12.6 Å². The smallest absolute Gasteiger partial charge is 0.169 e. The second-order valence-electron chi connectivity index (χ2n) is 6.17. The van der Waals surface area contributed by atoms with Gasteiger partial charge in [0, 0.05) is 17.3 Å². The molecular weight excluding hydrogens is 253 g/mol. The number of rotatable bonds is 4. The second kappa shape index (κ2) is 5.57. The summed E-state index contributed by atoms with van der Waals surface area (Å²) >= 11 is 0. The van der Waals surface area contributed by atoms with E-state index in [1.807, 2.05) is 12.1 Å². The molecule has 1 aromatic carbocycles. The van der Waals surface area contributed by atoms with Crippen molar-refractivity contribution in [2.45, 2.75) is 45.1 Å². The number of benzene rings is 1. The molecule has 2 unspecified atom stereocenters. The van der Waals surface area contributed by atoms with Gasteiger partial charge in [0.25, 0.3) is 0 Å². The second-order valence-corrected chi connectivity index (χ2v) is 6.17. The molecule has 0 spiro atoms. The fourth-order valence-electron chi connectivity index (χ4n) is 3.27. The molecule has 2 nitrogen and oxygen atoms in total. The van der Waals surface area contributed by atoms with Gasteiger partial charge in [-0.1, -0.05) is 32.4 Å². The van der Waals surface area contributed by atoms with Crippen LogP contribution < -0.4 is 5.32 Å². The number of halogens is 1. The van der Waals surface area contributed by atoms with Crippen molar-refractivity contribution in [3.05, 3.63) is 35.8 Å². The Kier molecular flexibility index (Phi) is 3.79. The third-order valence-corrected chi connectivity index (χ3v) is 4.33. The zero-order valence-electron chi connectivity index (χ0n) is 12.2. The minimum absolute atomic E-state index is 0.261. The van der Waals surface area contributed by atoms with Crippen LogP contribution in [0.15, 0.2) is 28.7 Å². The molecule has 1 heterocycles. The van der Waals surface area contributed by atoms with Gasteiger partial charge in [0.1, 0.15) is 5.76 Å². The van der Waals surface area contributed by atoms with Crippen molar-refractivity contribution in [3.63, 3.8) is 0 Å². The van der Waals surface area contributed by atoms with Crippen molar-refractivity contribution in [2.24, 2.45) is 5.92 Å². The van der Waals surface area contributed by atoms with Crippen LogP contribution in [-0.2, 0) is 0 Å². The number of fused-ring (bicyclic) bond motifs is 1. The molecule has 1 fully saturated rings. The van der Waals surface area contributed by atoms with Crippen molar-refractivity contribution in [3.8, 4) is 0 Å². The monoisotopic (exact) mass is 275 g/mol. The Morgan fingerprint density at radius 1 is 1.35 bits per heavy atom. The van der Waals surface area contributed by atoms with Crippen LogP contribution in [0, 0.1) is 11.7 Å². The number of para-hydroxylation sites is 1. The highest BCUT2D eigenvalue weighted by atomic mass is 19.1. The molecule has 0 amide bonds. The minimum Gasteiger partial charge on any atom is -0.458 e. The molecule has 0 saturated heterocycles. The highest BCUT2D eigenvalue weighted by molar-refractivity contribution is 5.78. The van der Waals surface area contributed by atoms with Crippen molar-refractivity contribution in [1.29, 1.82) is 0 Å². The Bertz CT molecular complexity index is 590. The molecule has 2 aromatic rings. The normalized spacial score (nSPS) is 23.0. The predicted molar refractivity (Wildman–Crippen MR) is 79.4 cm³/mol. The van der Waals surface area contributed by atoms with Gasteiger partial charge in [-0.2, -0.15) is 0 Å². The van der Waals surface area contributed by atoms with E-state index in [1.165, 1.54) is 18.9 Å². The van der Waals surface area contributed by atoms with E-state index in [9.17, 15) is 4.39 Å². The first kappa shape index (κ1) is 13.6. The molecule has 1 N–H and O–H groups in total. The SMILES string of the molecule is CC(C)NCC1CCCC1c1cc2cccc(F)c2o1. The van der Waals surface area contributed by atoms with Crippen LogP contribution >= 0.6 is 0 Å². The Morgan fingerprint density at radius 3 is 2.95 bits per heavy atom. The van der Waals surface area contributed by atoms with Crippen molar-refractivity contribution in [1.82, 2.24) is 5.32 Å². The van der Waals surface area contributed by atoms with Crippen molar-refractivity contribution in [2.75, 3.05) is 6.54 Å². The van der Waals surface area contributed by atoms with Crippen LogP contribution in [0.25, 0.3) is 11.0 Å². The highest BCUT2D eigenvalue weighted by Crippen LogP contribution is 2.41. The fourth-order valence-corrected chi connectivity index (χ4v) is 3.27. The van der Waals surface area contributed by atoms with E-state index < -0.39 is 0 Å². The maximum absolute atomic E-state index is 13.7. The van der Waals surface area contributed by atoms with Gasteiger partial charge >= 0.3 is 0 Å². The molecule has 20 heavy (non-hydrogen) atoms. The molecule has 1 aliphatic rings. The Labute approximate surface area is 119 Å². The molecule has 0 radical (unpaired) electrons. The van der Waals surface area contributed by atoms with E-state index >= 15 is 0 Å². The third-order valence-electron chi connectivity index (χ3n) is 4.33. The van der Waals surface area contributed by atoms with Crippen LogP contribution in [0.2, 0.25) is 0 Å². The van der Waals surface area contributed by atoms with Crippen LogP contribution in [0.1, 0.15) is 44.8 Å². The van der Waals surface area contributed by atoms with Crippen molar-refractivity contribution < 1.29 is 8.81 Å². The molecule has 0 aliphatic heterocycles. The van der Waals surface area contributed by atoms with Gasteiger partial charge in [0.2, 0.25) is 0 Å². The van der Waals surface area contributed by atoms with E-state index in [-0.39, 0.29) is 5.82 Å². The molecule has 3 heteroatoms. The predicted octanol–water partition coefficient (Wildman–Crippen LogP) is 4.45. The number of nitrogens with one attached hydrogen (secondary N) is 1. The van der Waals surface area contributed by atoms with Crippen LogP contribution in [0.5, 0.6) is 0 Å². The zero-order chi connectivity index (χ0) is 14.1. The maximum Gasteiger partial charge on any atom is 0.169 e. The summed E-state index contributed by atoms with van der Waals surface area (Å²) in [5, 5.41) is 4.39. The summed E-state index contributed by atoms with van der Waals surface area (Å²) in [5.41, 5.74) is 0.407. The fraction of sp³-hybridized carbons (Fsp3) is 0.529. The Hall–Kier alpha value is -1.35. The lowest BCUT2D eigenvalue weighted by atomic mass is 9.93. The molecule has 3 rings (SSSR count). The molecule has 108 valence electrons. The van der Waals surface area contributed by atoms with Gasteiger partial charge in [-0.3, -0.25) is 0 Å². The average molecular weight is 275 g/mol. The summed E-state index contributed by atoms with van der Waals surface area (Å²) in [6.45, 7) is 5.35. The van der Waals surface area contributed by atoms with Gasteiger partial charge in [-0.25, -0.2) is 4.39 Å². The van der Waals surface area contributed by atoms with Crippen LogP contribution in [0.4, 0.5) is 4.39 Å². The summed E-state index contributed by atoms with van der Waals surface area (Å²) in [7, 11) is 0. The summed E-state index contributed by atoms with van der Waals surface area (Å²) in [6, 6.07) is 7.65. The summed E-state index contributed by atoms with van der Waals surface area (Å²) in [4.78, 5) is 0. The number of hydrogen-bond donors (Lipinski definition) is 1. The van der Waals surface area contributed by atoms with Crippen LogP contribution in [0.3, 0.4) is 0 Å². The maximum atomic E-state index is 13.7. The molecule has 2 atom stereocenters. The molecule has 0 bridgehead atoms. The largest absolute Gasteiger partial charge is 0.458 e. The van der Waals surface area contributed by atoms with E-state index in [2.05, 4.69) is 19.2 Å². The molecule has 1 saturated carbocycles. The first-order valence-electron chi connectivity index (χ1n) is 7.56. The summed E-state index contributed by atoms with van der Waals surface area (Å²) < 4.78 is 19.5. The van der Waals surface area contributed by atoms with Crippen molar-refractivity contribution >= 4 is 11.0 Å². The molecular formula is C17H22FNO. The lowest BCUT2D eigenvalue weighted by molar-refractivity contribution is 0.377. The quantitative estimate of drug-likeness (QED) is 0.891. The molecule has 1 aliphatic carbocycles. The van der Waals surface area contributed by atoms with E-state index in [1.54, 1.807) is 6.07 Å². The first-order chi connectivity index (χ1) is 9.65. The van der Waals surface area contributed by atoms with E-state index in [0.717, 1.165) is 24.1 Å². The first-order valence-corrected chi connectivity index (χ1v) is 7.56. The average Bonchev–Trinajstić information content (AvgIpc) is 3.02. The van der Waals surface area contributed by atoms with E-state index in [4.69, 9.17) is 4.42 Å². The molecule has 1 aromatic heterocycles. The lowest BCUT2D eigenvalue weighted by Gasteiger charge is -2.19. The Morgan fingerprint density at radius 2 is 2.20 bits per heavy atom. The highest BCUT2D eigenvalue weighted by Gasteiger charge is 2.31. The zero-order valence-corrected chi connectivity index (χ0v) is 12.2. The van der Waals surface area contributed by atoms with Gasteiger partial charge < -0.3 is 9.73 Å². The minimum atomic E-state index is -0.261.